The van der Waals surface area contributed by atoms with E-state index in [9.17, 15) is 0 Å². The zero-order chi connectivity index (χ0) is 13.3. The fraction of sp³-hybridized carbons (Fsp3) is 0.400. The zero-order valence-corrected chi connectivity index (χ0v) is 11.8. The Hall–Kier alpha value is -1.61. The van der Waals surface area contributed by atoms with Gasteiger partial charge in [-0.2, -0.15) is 5.10 Å². The van der Waals surface area contributed by atoms with Gasteiger partial charge in [0.05, 0.1) is 11.7 Å². The molecule has 2 aromatic rings. The molecule has 0 spiro atoms. The largest absolute Gasteiger partial charge is 0.309 e. The van der Waals surface area contributed by atoms with Crippen LogP contribution in [0.15, 0.2) is 24.4 Å². The Morgan fingerprint density at radius 3 is 2.44 bits per heavy atom. The summed E-state index contributed by atoms with van der Waals surface area (Å²) >= 11 is 0. The number of hydrogen-bond donors (Lipinski definition) is 1. The van der Waals surface area contributed by atoms with E-state index in [0.717, 1.165) is 5.69 Å². The number of nitrogens with zero attached hydrogens (tertiary/aromatic N) is 2. The van der Waals surface area contributed by atoms with Crippen LogP contribution in [-0.2, 0) is 7.05 Å². The highest BCUT2D eigenvalue weighted by molar-refractivity contribution is 5.39. The van der Waals surface area contributed by atoms with E-state index in [1.807, 2.05) is 18.8 Å². The maximum absolute atomic E-state index is 4.43. The van der Waals surface area contributed by atoms with Crippen molar-refractivity contribution in [2.75, 3.05) is 7.05 Å². The monoisotopic (exact) mass is 243 g/mol. The molecule has 0 aliphatic heterocycles. The summed E-state index contributed by atoms with van der Waals surface area (Å²) in [6, 6.07) is 6.80. The molecule has 0 radical (unpaired) electrons. The molecule has 1 N–H and O–H groups in total. The zero-order valence-electron chi connectivity index (χ0n) is 11.8. The van der Waals surface area contributed by atoms with Gasteiger partial charge in [0.25, 0.3) is 0 Å². The van der Waals surface area contributed by atoms with Gasteiger partial charge in [0.15, 0.2) is 0 Å². The second kappa shape index (κ2) is 4.94. The molecular formula is C15H21N3. The third-order valence-electron chi connectivity index (χ3n) is 3.40. The van der Waals surface area contributed by atoms with Crippen molar-refractivity contribution in [2.24, 2.45) is 7.05 Å². The van der Waals surface area contributed by atoms with Crippen LogP contribution in [0.25, 0.3) is 0 Å². The first-order chi connectivity index (χ1) is 8.52. The van der Waals surface area contributed by atoms with Crippen molar-refractivity contribution in [3.8, 4) is 0 Å². The average Bonchev–Trinajstić information content (AvgIpc) is 2.64. The van der Waals surface area contributed by atoms with Crippen LogP contribution in [0, 0.1) is 20.8 Å². The molecule has 0 saturated heterocycles. The van der Waals surface area contributed by atoms with E-state index in [1.165, 1.54) is 22.3 Å². The second-order valence-corrected chi connectivity index (χ2v) is 4.93. The number of aryl methyl sites for hydroxylation is 4. The number of nitrogens with one attached hydrogen (secondary N) is 1. The Kier molecular flexibility index (Phi) is 3.53. The number of hydrogen-bond acceptors (Lipinski definition) is 2. The quantitative estimate of drug-likeness (QED) is 0.898. The summed E-state index contributed by atoms with van der Waals surface area (Å²) in [5.41, 5.74) is 6.25. The van der Waals surface area contributed by atoms with Gasteiger partial charge in [-0.15, -0.1) is 0 Å². The Morgan fingerprint density at radius 2 is 1.89 bits per heavy atom. The van der Waals surface area contributed by atoms with Crippen LogP contribution in [0.2, 0.25) is 0 Å². The molecule has 18 heavy (non-hydrogen) atoms. The minimum Gasteiger partial charge on any atom is -0.309 e. The first-order valence-corrected chi connectivity index (χ1v) is 6.27. The fourth-order valence-corrected chi connectivity index (χ4v) is 2.45. The summed E-state index contributed by atoms with van der Waals surface area (Å²) in [4.78, 5) is 0. The molecule has 3 heteroatoms. The van der Waals surface area contributed by atoms with Gasteiger partial charge in [0.1, 0.15) is 0 Å². The maximum atomic E-state index is 4.43. The van der Waals surface area contributed by atoms with E-state index in [4.69, 9.17) is 0 Å². The molecule has 1 heterocycles. The minimum atomic E-state index is 0.207. The van der Waals surface area contributed by atoms with Crippen molar-refractivity contribution in [1.82, 2.24) is 15.1 Å². The van der Waals surface area contributed by atoms with E-state index < -0.39 is 0 Å². The Labute approximate surface area is 109 Å². The van der Waals surface area contributed by atoms with Crippen LogP contribution in [0.1, 0.15) is 34.0 Å². The van der Waals surface area contributed by atoms with Crippen LogP contribution < -0.4 is 5.32 Å². The number of aromatic nitrogens is 2. The van der Waals surface area contributed by atoms with E-state index in [0.29, 0.717) is 0 Å². The molecule has 1 atom stereocenters. The summed E-state index contributed by atoms with van der Waals surface area (Å²) in [6.45, 7) is 6.35. The van der Waals surface area contributed by atoms with Gasteiger partial charge < -0.3 is 5.32 Å². The first kappa shape index (κ1) is 12.8. The van der Waals surface area contributed by atoms with Crippen molar-refractivity contribution in [2.45, 2.75) is 26.8 Å². The van der Waals surface area contributed by atoms with Gasteiger partial charge in [0, 0.05) is 18.8 Å². The topological polar surface area (TPSA) is 29.9 Å². The van der Waals surface area contributed by atoms with Gasteiger partial charge in [0.2, 0.25) is 0 Å². The number of rotatable bonds is 3. The van der Waals surface area contributed by atoms with Crippen LogP contribution in [0.4, 0.5) is 0 Å². The lowest BCUT2D eigenvalue weighted by atomic mass is 9.94. The molecule has 1 aromatic heterocycles. The van der Waals surface area contributed by atoms with Crippen molar-refractivity contribution in [1.29, 1.82) is 0 Å². The summed E-state index contributed by atoms with van der Waals surface area (Å²) in [6.07, 6.45) is 2.10. The molecule has 2 rings (SSSR count). The molecule has 3 nitrogen and oxygen atoms in total. The normalized spacial score (nSPS) is 12.7. The van der Waals surface area contributed by atoms with Crippen molar-refractivity contribution in [3.05, 3.63) is 52.3 Å². The van der Waals surface area contributed by atoms with Gasteiger partial charge in [-0.05, 0) is 38.9 Å². The second-order valence-electron chi connectivity index (χ2n) is 4.93. The fourth-order valence-electron chi connectivity index (χ4n) is 2.45. The minimum absolute atomic E-state index is 0.207. The lowest BCUT2D eigenvalue weighted by molar-refractivity contribution is 0.682. The Morgan fingerprint density at radius 1 is 1.17 bits per heavy atom. The van der Waals surface area contributed by atoms with E-state index in [-0.39, 0.29) is 6.04 Å². The highest BCUT2D eigenvalue weighted by atomic mass is 15.3. The lowest BCUT2D eigenvalue weighted by Crippen LogP contribution is -2.19. The Balaban J connectivity index is 2.51. The standard InChI is InChI=1S/C15H21N3/c1-10-6-7-11(2)13(8-10)15(16-4)14-9-18(5)17-12(14)3/h6-9,15-16H,1-5H3. The molecule has 0 amide bonds. The summed E-state index contributed by atoms with van der Waals surface area (Å²) in [5.74, 6) is 0. The summed E-state index contributed by atoms with van der Waals surface area (Å²) < 4.78 is 1.88. The molecule has 96 valence electrons. The van der Waals surface area contributed by atoms with E-state index in [1.54, 1.807) is 0 Å². The molecule has 0 fully saturated rings. The van der Waals surface area contributed by atoms with Crippen LogP contribution in [0.3, 0.4) is 0 Å². The molecular weight excluding hydrogens is 222 g/mol. The Bertz CT molecular complexity index is 555. The molecule has 0 aliphatic carbocycles. The van der Waals surface area contributed by atoms with E-state index in [2.05, 4.69) is 55.6 Å². The maximum Gasteiger partial charge on any atom is 0.0644 e. The summed E-state index contributed by atoms with van der Waals surface area (Å²) in [5, 5.41) is 7.84. The van der Waals surface area contributed by atoms with Crippen molar-refractivity contribution in [3.63, 3.8) is 0 Å². The van der Waals surface area contributed by atoms with Crippen LogP contribution in [-0.4, -0.2) is 16.8 Å². The van der Waals surface area contributed by atoms with E-state index >= 15 is 0 Å². The molecule has 0 bridgehead atoms. The molecule has 1 aromatic carbocycles. The predicted molar refractivity (Wildman–Crippen MR) is 74.8 cm³/mol. The first-order valence-electron chi connectivity index (χ1n) is 6.27. The van der Waals surface area contributed by atoms with Gasteiger partial charge in [-0.25, -0.2) is 0 Å². The molecule has 1 unspecified atom stereocenters. The third kappa shape index (κ3) is 2.31. The molecule has 0 aliphatic rings. The van der Waals surface area contributed by atoms with Gasteiger partial charge >= 0.3 is 0 Å². The highest BCUT2D eigenvalue weighted by Crippen LogP contribution is 2.27. The van der Waals surface area contributed by atoms with Crippen molar-refractivity contribution >= 4 is 0 Å². The highest BCUT2D eigenvalue weighted by Gasteiger charge is 2.18. The molecule has 0 saturated carbocycles. The van der Waals surface area contributed by atoms with Gasteiger partial charge in [-0.1, -0.05) is 23.8 Å². The number of benzene rings is 1. The van der Waals surface area contributed by atoms with Crippen LogP contribution >= 0.6 is 0 Å². The lowest BCUT2D eigenvalue weighted by Gasteiger charge is -2.19. The van der Waals surface area contributed by atoms with Crippen LogP contribution in [0.5, 0.6) is 0 Å². The summed E-state index contributed by atoms with van der Waals surface area (Å²) in [7, 11) is 3.96. The smallest absolute Gasteiger partial charge is 0.0644 e. The predicted octanol–water partition coefficient (Wildman–Crippen LogP) is 2.65. The third-order valence-corrected chi connectivity index (χ3v) is 3.40. The SMILES string of the molecule is CNC(c1cc(C)ccc1C)c1cn(C)nc1C. The van der Waals surface area contributed by atoms with Crippen molar-refractivity contribution < 1.29 is 0 Å². The van der Waals surface area contributed by atoms with Gasteiger partial charge in [-0.3, -0.25) is 4.68 Å². The average molecular weight is 243 g/mol.